The van der Waals surface area contributed by atoms with Crippen LogP contribution in [0.2, 0.25) is 0 Å². The number of rotatable bonds is 3. The number of amides is 1. The zero-order valence-electron chi connectivity index (χ0n) is 21.7. The van der Waals surface area contributed by atoms with Crippen molar-refractivity contribution in [3.63, 3.8) is 0 Å². The van der Waals surface area contributed by atoms with E-state index in [2.05, 4.69) is 9.89 Å². The average molecular weight is 525 g/mol. The Labute approximate surface area is 220 Å². The van der Waals surface area contributed by atoms with Crippen molar-refractivity contribution in [1.29, 1.82) is 5.26 Å². The van der Waals surface area contributed by atoms with Crippen LogP contribution in [0, 0.1) is 23.0 Å². The van der Waals surface area contributed by atoms with Crippen LogP contribution in [0.1, 0.15) is 51.2 Å². The fourth-order valence-electron chi connectivity index (χ4n) is 5.14. The predicted octanol–water partition coefficient (Wildman–Crippen LogP) is 5.66. The Morgan fingerprint density at radius 3 is 2.63 bits per heavy atom. The molecule has 0 unspecified atom stereocenters. The van der Waals surface area contributed by atoms with Gasteiger partial charge >= 0.3 is 6.09 Å². The van der Waals surface area contributed by atoms with Gasteiger partial charge in [0.15, 0.2) is 11.6 Å². The highest BCUT2D eigenvalue weighted by Crippen LogP contribution is 2.40. The molecule has 3 heterocycles. The van der Waals surface area contributed by atoms with Gasteiger partial charge in [-0.3, -0.25) is 0 Å². The van der Waals surface area contributed by atoms with Crippen LogP contribution in [0.5, 0.6) is 11.5 Å². The number of piperidine rings is 1. The van der Waals surface area contributed by atoms with E-state index in [1.165, 1.54) is 0 Å². The second kappa shape index (κ2) is 9.87. The molecule has 2 aromatic rings. The molecule has 0 radical (unpaired) electrons. The minimum absolute atomic E-state index is 0.107. The van der Waals surface area contributed by atoms with Gasteiger partial charge in [-0.05, 0) is 70.4 Å². The maximum atomic E-state index is 14.3. The fraction of sp³-hybridized carbons (Fsp3) is 0.464. The molecule has 2 aromatic carbocycles. The van der Waals surface area contributed by atoms with Gasteiger partial charge in [0.25, 0.3) is 0 Å². The molecule has 200 valence electrons. The summed E-state index contributed by atoms with van der Waals surface area (Å²) in [6, 6.07) is 8.70. The molecule has 3 aliphatic rings. The molecule has 3 aliphatic heterocycles. The summed E-state index contributed by atoms with van der Waals surface area (Å²) in [6.07, 6.45) is 3.81. The van der Waals surface area contributed by atoms with Crippen molar-refractivity contribution in [1.82, 2.24) is 9.80 Å². The van der Waals surface area contributed by atoms with E-state index in [4.69, 9.17) is 14.2 Å². The Balaban J connectivity index is 1.23. The second-order valence-corrected chi connectivity index (χ2v) is 11.0. The molecule has 0 aliphatic carbocycles. The van der Waals surface area contributed by atoms with Crippen molar-refractivity contribution < 1.29 is 27.8 Å². The van der Waals surface area contributed by atoms with Crippen molar-refractivity contribution >= 4 is 18.1 Å². The molecular weight excluding hydrogens is 494 g/mol. The van der Waals surface area contributed by atoms with Crippen molar-refractivity contribution in [2.24, 2.45) is 4.99 Å². The lowest BCUT2D eigenvalue weighted by molar-refractivity contribution is -0.0487. The Morgan fingerprint density at radius 1 is 1.18 bits per heavy atom. The van der Waals surface area contributed by atoms with E-state index in [0.29, 0.717) is 26.2 Å². The number of benzene rings is 2. The molecule has 5 rings (SSSR count). The highest BCUT2D eigenvalue weighted by molar-refractivity contribution is 5.69. The van der Waals surface area contributed by atoms with E-state index < -0.39 is 28.5 Å². The number of carbonyl (C=O) groups is 1. The van der Waals surface area contributed by atoms with Crippen LogP contribution >= 0.6 is 0 Å². The number of aliphatic imine (C=N–C) groups is 1. The van der Waals surface area contributed by atoms with Crippen molar-refractivity contribution in [2.45, 2.75) is 63.8 Å². The molecule has 2 fully saturated rings. The van der Waals surface area contributed by atoms with E-state index in [9.17, 15) is 18.8 Å². The number of hydrogen-bond acceptors (Lipinski definition) is 7. The third kappa shape index (κ3) is 5.29. The number of fused-ring (bicyclic) bond motifs is 1. The lowest BCUT2D eigenvalue weighted by Crippen LogP contribution is -2.48. The van der Waals surface area contributed by atoms with Gasteiger partial charge in [-0.1, -0.05) is 0 Å². The van der Waals surface area contributed by atoms with E-state index in [0.717, 1.165) is 42.6 Å². The molecule has 0 bridgehead atoms. The summed E-state index contributed by atoms with van der Waals surface area (Å²) in [5, 5.41) is 9.24. The largest absolute Gasteiger partial charge is 0.453 e. The first-order valence-electron chi connectivity index (χ1n) is 12.7. The number of likely N-dealkylation sites (tertiary alicyclic amines) is 1. The van der Waals surface area contributed by atoms with Crippen LogP contribution in [0.4, 0.5) is 19.3 Å². The number of halogens is 2. The van der Waals surface area contributed by atoms with Crippen LogP contribution in [-0.2, 0) is 16.0 Å². The molecule has 10 heteroatoms. The lowest BCUT2D eigenvalue weighted by Gasteiger charge is -2.39. The molecule has 0 N–H and O–H groups in total. The van der Waals surface area contributed by atoms with Crippen molar-refractivity contribution in [3.8, 4) is 17.6 Å². The maximum Gasteiger partial charge on any atom is 0.410 e. The smallest absolute Gasteiger partial charge is 0.410 e. The minimum atomic E-state index is -0.843. The van der Waals surface area contributed by atoms with Crippen molar-refractivity contribution in [3.05, 3.63) is 53.1 Å². The van der Waals surface area contributed by atoms with Crippen LogP contribution in [-0.4, -0.2) is 59.2 Å². The summed E-state index contributed by atoms with van der Waals surface area (Å²) in [7, 11) is 0. The molecule has 0 aromatic heterocycles. The molecule has 2 saturated heterocycles. The highest BCUT2D eigenvalue weighted by Gasteiger charge is 2.45. The Kier molecular flexibility index (Phi) is 6.73. The zero-order chi connectivity index (χ0) is 27.1. The Hall–Kier alpha value is -3.71. The Bertz CT molecular complexity index is 1310. The van der Waals surface area contributed by atoms with E-state index in [-0.39, 0.29) is 23.5 Å². The lowest BCUT2D eigenvalue weighted by atomic mass is 9.87. The molecular formula is C28H30F2N4O4. The van der Waals surface area contributed by atoms with Gasteiger partial charge < -0.3 is 24.0 Å². The monoisotopic (exact) mass is 524 g/mol. The topological polar surface area (TPSA) is 87.4 Å². The summed E-state index contributed by atoms with van der Waals surface area (Å²) in [5.41, 5.74) is 0.326. The maximum absolute atomic E-state index is 14.3. The van der Waals surface area contributed by atoms with E-state index >= 15 is 0 Å². The van der Waals surface area contributed by atoms with Gasteiger partial charge in [0, 0.05) is 25.2 Å². The zero-order valence-corrected chi connectivity index (χ0v) is 21.7. The Morgan fingerprint density at radius 2 is 1.92 bits per heavy atom. The average Bonchev–Trinajstić information content (AvgIpc) is 3.28. The number of nitriles is 1. The first-order chi connectivity index (χ1) is 18.1. The predicted molar refractivity (Wildman–Crippen MR) is 135 cm³/mol. The number of carbonyl (C=O) groups excluding carboxylic acids is 1. The van der Waals surface area contributed by atoms with Crippen LogP contribution in [0.3, 0.4) is 0 Å². The van der Waals surface area contributed by atoms with Gasteiger partial charge in [0.1, 0.15) is 28.8 Å². The summed E-state index contributed by atoms with van der Waals surface area (Å²) < 4.78 is 45.7. The number of ether oxygens (including phenoxy) is 3. The number of nitrogens with zero attached hydrogens (tertiary/aromatic N) is 4. The summed E-state index contributed by atoms with van der Waals surface area (Å²) in [6.45, 7) is 7.83. The first kappa shape index (κ1) is 25.9. The van der Waals surface area contributed by atoms with Crippen LogP contribution in [0.25, 0.3) is 0 Å². The molecule has 0 saturated carbocycles. The first-order valence-corrected chi connectivity index (χ1v) is 12.7. The van der Waals surface area contributed by atoms with Crippen molar-refractivity contribution in [2.75, 3.05) is 19.7 Å². The number of hydrogen-bond donors (Lipinski definition) is 0. The van der Waals surface area contributed by atoms with Crippen LogP contribution in [0.15, 0.2) is 35.3 Å². The van der Waals surface area contributed by atoms with Gasteiger partial charge in [0.2, 0.25) is 0 Å². The highest BCUT2D eigenvalue weighted by atomic mass is 19.1. The van der Waals surface area contributed by atoms with Gasteiger partial charge in [0.05, 0.1) is 30.3 Å². The summed E-state index contributed by atoms with van der Waals surface area (Å²) >= 11 is 0. The third-order valence-electron chi connectivity index (χ3n) is 7.12. The quantitative estimate of drug-likeness (QED) is 0.515. The normalized spacial score (nSPS) is 20.3. The molecule has 1 amide bonds. The molecule has 1 spiro atoms. The van der Waals surface area contributed by atoms with E-state index in [1.807, 2.05) is 27.1 Å². The molecule has 1 atom stereocenters. The minimum Gasteiger partial charge on any atom is -0.453 e. The van der Waals surface area contributed by atoms with Gasteiger partial charge in [-0.15, -0.1) is 0 Å². The summed E-state index contributed by atoms with van der Waals surface area (Å²) in [5.74, 6) is -1.81. The third-order valence-corrected chi connectivity index (χ3v) is 7.12. The summed E-state index contributed by atoms with van der Waals surface area (Å²) in [4.78, 5) is 20.9. The van der Waals surface area contributed by atoms with Crippen LogP contribution < -0.4 is 4.74 Å². The fourth-order valence-corrected chi connectivity index (χ4v) is 5.14. The SMILES string of the molecule is CC(C)(C)OC(=O)N1CCC2(CC1)C[C@@H](N1C=Nc3ccc(Oc4c(F)ccc(F)c4C#N)cc3C1)CO2. The second-order valence-electron chi connectivity index (χ2n) is 11.0. The molecule has 38 heavy (non-hydrogen) atoms. The molecule has 8 nitrogen and oxygen atoms in total. The standard InChI is InChI=1S/C28H30F2N4O4/c1-27(2,3)38-26(35)33-10-8-28(9-11-33)13-19(16-36-28)34-15-18-12-20(4-7-24(18)32-17-34)37-25-21(14-31)22(29)5-6-23(25)30/h4-7,12,17,19H,8-11,13,15-16H2,1-3H3/t19-/m1/s1. The van der Waals surface area contributed by atoms with E-state index in [1.54, 1.807) is 29.2 Å². The van der Waals surface area contributed by atoms with Gasteiger partial charge in [-0.25, -0.2) is 18.6 Å². The van der Waals surface area contributed by atoms with Gasteiger partial charge in [-0.2, -0.15) is 5.26 Å².